The van der Waals surface area contributed by atoms with Gasteiger partial charge in [-0.05, 0) is 24.1 Å². The molecular weight excluding hydrogens is 212 g/mol. The van der Waals surface area contributed by atoms with Gasteiger partial charge in [0.05, 0.1) is 4.90 Å². The molecule has 0 aliphatic rings. The van der Waals surface area contributed by atoms with Crippen molar-refractivity contribution in [1.29, 1.82) is 0 Å². The summed E-state index contributed by atoms with van der Waals surface area (Å²) in [5, 5.41) is 0. The molecule has 0 saturated heterocycles. The molecule has 0 aromatic heterocycles. The number of rotatable bonds is 3. The van der Waals surface area contributed by atoms with E-state index in [0.29, 0.717) is 12.3 Å². The standard InChI is InChI=1S/C8H9ClO3S/c9-6-5-7-1-3-8(4-2-7)13(10,11)12/h1-4H,5-6H2,(H,10,11,12)/p-1. The smallest absolute Gasteiger partial charge is 0.124 e. The van der Waals surface area contributed by atoms with Crippen LogP contribution in [0, 0.1) is 0 Å². The Morgan fingerprint density at radius 2 is 1.77 bits per heavy atom. The van der Waals surface area contributed by atoms with Crippen LogP contribution in [-0.4, -0.2) is 18.9 Å². The summed E-state index contributed by atoms with van der Waals surface area (Å²) in [6.07, 6.45) is 0.667. The summed E-state index contributed by atoms with van der Waals surface area (Å²) in [6.45, 7) is 0. The molecular formula is C8H8ClO3S-. The summed E-state index contributed by atoms with van der Waals surface area (Å²) in [5.74, 6) is 0.476. The highest BCUT2D eigenvalue weighted by Gasteiger charge is 1.99. The van der Waals surface area contributed by atoms with Crippen molar-refractivity contribution in [2.45, 2.75) is 11.3 Å². The van der Waals surface area contributed by atoms with Gasteiger partial charge in [-0.15, -0.1) is 11.6 Å². The Morgan fingerprint density at radius 1 is 1.23 bits per heavy atom. The fraction of sp³-hybridized carbons (Fsp3) is 0.250. The van der Waals surface area contributed by atoms with Crippen LogP contribution in [0.4, 0.5) is 0 Å². The molecule has 0 spiro atoms. The molecule has 0 bridgehead atoms. The van der Waals surface area contributed by atoms with E-state index in [0.717, 1.165) is 5.56 Å². The number of aryl methyl sites for hydroxylation is 1. The molecule has 3 nitrogen and oxygen atoms in total. The zero-order valence-electron chi connectivity index (χ0n) is 6.73. The van der Waals surface area contributed by atoms with E-state index < -0.39 is 10.1 Å². The molecule has 0 atom stereocenters. The van der Waals surface area contributed by atoms with Crippen LogP contribution in [0.15, 0.2) is 29.2 Å². The van der Waals surface area contributed by atoms with Crippen LogP contribution < -0.4 is 0 Å². The Kier molecular flexibility index (Phi) is 3.30. The fourth-order valence-electron chi connectivity index (χ4n) is 0.932. The predicted octanol–water partition coefficient (Wildman–Crippen LogP) is 1.37. The molecule has 0 heterocycles. The number of hydrogen-bond acceptors (Lipinski definition) is 3. The lowest BCUT2D eigenvalue weighted by Crippen LogP contribution is -1.98. The third kappa shape index (κ3) is 2.99. The zero-order chi connectivity index (χ0) is 9.90. The van der Waals surface area contributed by atoms with Gasteiger partial charge in [0.1, 0.15) is 10.1 Å². The highest BCUT2D eigenvalue weighted by molar-refractivity contribution is 7.85. The summed E-state index contributed by atoms with van der Waals surface area (Å²) in [4.78, 5) is -0.203. The summed E-state index contributed by atoms with van der Waals surface area (Å²) >= 11 is 5.49. The van der Waals surface area contributed by atoms with Crippen LogP contribution in [0.3, 0.4) is 0 Å². The molecule has 13 heavy (non-hydrogen) atoms. The first kappa shape index (κ1) is 10.5. The summed E-state index contributed by atoms with van der Waals surface area (Å²) in [5.41, 5.74) is 0.919. The van der Waals surface area contributed by atoms with E-state index >= 15 is 0 Å². The Labute approximate surface area is 82.1 Å². The van der Waals surface area contributed by atoms with Crippen molar-refractivity contribution in [3.63, 3.8) is 0 Å². The van der Waals surface area contributed by atoms with Gasteiger partial charge in [-0.2, -0.15) is 0 Å². The van der Waals surface area contributed by atoms with Gasteiger partial charge in [-0.3, -0.25) is 0 Å². The van der Waals surface area contributed by atoms with Crippen molar-refractivity contribution in [1.82, 2.24) is 0 Å². The second kappa shape index (κ2) is 4.09. The van der Waals surface area contributed by atoms with Gasteiger partial charge in [0.25, 0.3) is 0 Å². The van der Waals surface area contributed by atoms with E-state index in [-0.39, 0.29) is 4.90 Å². The lowest BCUT2D eigenvalue weighted by Gasteiger charge is -2.06. The van der Waals surface area contributed by atoms with Gasteiger partial charge >= 0.3 is 0 Å². The predicted molar refractivity (Wildman–Crippen MR) is 48.8 cm³/mol. The Balaban J connectivity index is 2.94. The van der Waals surface area contributed by atoms with Crippen molar-refractivity contribution in [3.8, 4) is 0 Å². The number of halogens is 1. The molecule has 0 unspecified atom stereocenters. The van der Waals surface area contributed by atoms with Gasteiger partial charge in [0.15, 0.2) is 0 Å². The van der Waals surface area contributed by atoms with Crippen molar-refractivity contribution in [2.24, 2.45) is 0 Å². The average Bonchev–Trinajstić information content (AvgIpc) is 2.04. The topological polar surface area (TPSA) is 57.2 Å². The molecule has 1 aromatic rings. The number of alkyl halides is 1. The second-order valence-electron chi connectivity index (χ2n) is 2.54. The van der Waals surface area contributed by atoms with Gasteiger partial charge in [0.2, 0.25) is 0 Å². The van der Waals surface area contributed by atoms with Gasteiger partial charge < -0.3 is 4.55 Å². The van der Waals surface area contributed by atoms with Crippen LogP contribution in [0.25, 0.3) is 0 Å². The van der Waals surface area contributed by atoms with Crippen LogP contribution in [-0.2, 0) is 16.5 Å². The minimum atomic E-state index is -4.32. The summed E-state index contributed by atoms with van der Waals surface area (Å²) < 4.78 is 31.6. The quantitative estimate of drug-likeness (QED) is 0.570. The lowest BCUT2D eigenvalue weighted by atomic mass is 10.2. The molecule has 5 heteroatoms. The van der Waals surface area contributed by atoms with Gasteiger partial charge in [0, 0.05) is 5.88 Å². The lowest BCUT2D eigenvalue weighted by molar-refractivity contribution is 0.463. The van der Waals surface area contributed by atoms with Crippen LogP contribution >= 0.6 is 11.6 Å². The first-order chi connectivity index (χ1) is 6.04. The number of benzene rings is 1. The molecule has 72 valence electrons. The summed E-state index contributed by atoms with van der Waals surface area (Å²) in [7, 11) is -4.32. The normalized spacial score (nSPS) is 11.5. The van der Waals surface area contributed by atoms with Crippen molar-refractivity contribution in [3.05, 3.63) is 29.8 Å². The van der Waals surface area contributed by atoms with E-state index in [1.54, 1.807) is 12.1 Å². The Hall–Kier alpha value is -0.580. The molecule has 0 aliphatic heterocycles. The Morgan fingerprint density at radius 3 is 2.15 bits per heavy atom. The second-order valence-corrected chi connectivity index (χ2v) is 4.29. The molecule has 0 fully saturated rings. The van der Waals surface area contributed by atoms with Crippen molar-refractivity contribution in [2.75, 3.05) is 5.88 Å². The summed E-state index contributed by atoms with van der Waals surface area (Å²) in [6, 6.07) is 5.77. The molecule has 0 radical (unpaired) electrons. The van der Waals surface area contributed by atoms with Crippen molar-refractivity contribution < 1.29 is 13.0 Å². The first-order valence-corrected chi connectivity index (χ1v) is 5.59. The maximum Gasteiger partial charge on any atom is 0.124 e. The molecule has 1 aromatic carbocycles. The highest BCUT2D eigenvalue weighted by Crippen LogP contribution is 2.10. The molecule has 0 aliphatic carbocycles. The van der Waals surface area contributed by atoms with Crippen LogP contribution in [0.1, 0.15) is 5.56 Å². The average molecular weight is 220 g/mol. The largest absolute Gasteiger partial charge is 0.744 e. The molecule has 0 saturated carbocycles. The zero-order valence-corrected chi connectivity index (χ0v) is 8.31. The van der Waals surface area contributed by atoms with Gasteiger partial charge in [-0.1, -0.05) is 12.1 Å². The maximum absolute atomic E-state index is 10.5. The van der Waals surface area contributed by atoms with Gasteiger partial charge in [-0.25, -0.2) is 8.42 Å². The molecule has 0 amide bonds. The third-order valence-corrected chi connectivity index (χ3v) is 2.63. The van der Waals surface area contributed by atoms with E-state index in [1.807, 2.05) is 0 Å². The molecule has 1 rings (SSSR count). The van der Waals surface area contributed by atoms with Crippen LogP contribution in [0.5, 0.6) is 0 Å². The van der Waals surface area contributed by atoms with Crippen molar-refractivity contribution >= 4 is 21.7 Å². The Bertz CT molecular complexity index is 369. The maximum atomic E-state index is 10.5. The number of hydrogen-bond donors (Lipinski definition) is 0. The molecule has 0 N–H and O–H groups in total. The minimum Gasteiger partial charge on any atom is -0.744 e. The minimum absolute atomic E-state index is 0.203. The van der Waals surface area contributed by atoms with E-state index in [2.05, 4.69) is 0 Å². The van der Waals surface area contributed by atoms with E-state index in [4.69, 9.17) is 11.6 Å². The first-order valence-electron chi connectivity index (χ1n) is 3.65. The van der Waals surface area contributed by atoms with Crippen LogP contribution in [0.2, 0.25) is 0 Å². The SMILES string of the molecule is O=S(=O)([O-])c1ccc(CCCl)cc1. The third-order valence-electron chi connectivity index (χ3n) is 1.60. The highest BCUT2D eigenvalue weighted by atomic mass is 35.5. The fourth-order valence-corrected chi connectivity index (χ4v) is 1.62. The van der Waals surface area contributed by atoms with E-state index in [1.165, 1.54) is 12.1 Å². The van der Waals surface area contributed by atoms with E-state index in [9.17, 15) is 13.0 Å². The monoisotopic (exact) mass is 219 g/mol.